The third kappa shape index (κ3) is 4.60. The maximum atomic E-state index is 14.4. The SMILES string of the molecule is CCC(C)(C(=O)NCc1ccccc1OC)N(CC1(OC)CCC1)C(=O)c1oc2ccccc2c1C1=C[CH]1.[HH]. The van der Waals surface area contributed by atoms with E-state index >= 15 is 0 Å². The number of para-hydroxylation sites is 2. The molecule has 1 heterocycles. The summed E-state index contributed by atoms with van der Waals surface area (Å²) in [4.78, 5) is 30.0. The number of hydrogen-bond acceptors (Lipinski definition) is 5. The van der Waals surface area contributed by atoms with E-state index in [4.69, 9.17) is 13.9 Å². The highest BCUT2D eigenvalue weighted by molar-refractivity contribution is 6.10. The molecule has 7 nitrogen and oxygen atoms in total. The van der Waals surface area contributed by atoms with Crippen LogP contribution in [0, 0.1) is 6.42 Å². The van der Waals surface area contributed by atoms with Crippen molar-refractivity contribution in [3.05, 3.63) is 77.9 Å². The third-order valence-corrected chi connectivity index (χ3v) is 8.21. The summed E-state index contributed by atoms with van der Waals surface area (Å²) >= 11 is 0. The molecule has 2 aliphatic rings. The first-order valence-corrected chi connectivity index (χ1v) is 13.2. The zero-order valence-electron chi connectivity index (χ0n) is 22.5. The van der Waals surface area contributed by atoms with E-state index in [2.05, 4.69) is 5.32 Å². The van der Waals surface area contributed by atoms with Crippen molar-refractivity contribution in [1.82, 2.24) is 10.2 Å². The van der Waals surface area contributed by atoms with Crippen LogP contribution in [0.3, 0.4) is 0 Å². The molecular formula is C31H37N2O5. The maximum Gasteiger partial charge on any atom is 0.291 e. The number of carbonyl (C=O) groups excluding carboxylic acids is 2. The average Bonchev–Trinajstić information content (AvgIpc) is 3.69. The van der Waals surface area contributed by atoms with Gasteiger partial charge in [-0.3, -0.25) is 9.59 Å². The second kappa shape index (κ2) is 10.3. The Bertz CT molecular complexity index is 1390. The monoisotopic (exact) mass is 517 g/mol. The van der Waals surface area contributed by atoms with E-state index in [-0.39, 0.29) is 25.5 Å². The fraction of sp³-hybridized carbons (Fsp3) is 0.387. The Balaban J connectivity index is 0.00000353. The summed E-state index contributed by atoms with van der Waals surface area (Å²) in [7, 11) is 3.29. The van der Waals surface area contributed by atoms with Gasteiger partial charge in [-0.05, 0) is 50.3 Å². The van der Waals surface area contributed by atoms with Gasteiger partial charge in [0.05, 0.1) is 19.3 Å². The molecule has 1 aromatic heterocycles. The predicted octanol–water partition coefficient (Wildman–Crippen LogP) is 5.79. The largest absolute Gasteiger partial charge is 0.496 e. The molecule has 201 valence electrons. The Hall–Kier alpha value is -3.58. The van der Waals surface area contributed by atoms with Crippen LogP contribution in [0.5, 0.6) is 5.75 Å². The van der Waals surface area contributed by atoms with Gasteiger partial charge in [0.25, 0.3) is 5.91 Å². The smallest absolute Gasteiger partial charge is 0.291 e. The molecule has 0 bridgehead atoms. The minimum absolute atomic E-state index is 0. The molecule has 1 fully saturated rings. The lowest BCUT2D eigenvalue weighted by atomic mass is 9.78. The van der Waals surface area contributed by atoms with Crippen molar-refractivity contribution in [2.24, 2.45) is 0 Å². The highest BCUT2D eigenvalue weighted by atomic mass is 16.5. The van der Waals surface area contributed by atoms with E-state index in [9.17, 15) is 9.59 Å². The molecule has 2 aliphatic carbocycles. The lowest BCUT2D eigenvalue weighted by Gasteiger charge is -2.48. The van der Waals surface area contributed by atoms with Crippen molar-refractivity contribution in [2.75, 3.05) is 20.8 Å². The number of allylic oxidation sites excluding steroid dienone is 2. The Morgan fingerprint density at radius 2 is 1.84 bits per heavy atom. The third-order valence-electron chi connectivity index (χ3n) is 8.21. The van der Waals surface area contributed by atoms with Gasteiger partial charge in [0, 0.05) is 38.0 Å². The van der Waals surface area contributed by atoms with E-state index < -0.39 is 11.1 Å². The number of carbonyl (C=O) groups is 2. The first kappa shape index (κ1) is 26.0. The molecule has 1 atom stereocenters. The van der Waals surface area contributed by atoms with Crippen LogP contribution in [-0.2, 0) is 16.1 Å². The van der Waals surface area contributed by atoms with Crippen molar-refractivity contribution in [2.45, 2.75) is 57.2 Å². The van der Waals surface area contributed by atoms with Crippen LogP contribution in [0.2, 0.25) is 0 Å². The number of nitrogens with zero attached hydrogens (tertiary/aromatic N) is 1. The topological polar surface area (TPSA) is 81.0 Å². The van der Waals surface area contributed by atoms with Crippen LogP contribution in [0.15, 0.2) is 59.0 Å². The number of ether oxygens (including phenoxy) is 2. The molecule has 1 unspecified atom stereocenters. The van der Waals surface area contributed by atoms with E-state index in [1.54, 1.807) is 19.1 Å². The second-order valence-electron chi connectivity index (χ2n) is 10.3. The lowest BCUT2D eigenvalue weighted by molar-refractivity contribution is -0.138. The summed E-state index contributed by atoms with van der Waals surface area (Å²) in [5.41, 5.74) is 1.65. The van der Waals surface area contributed by atoms with Crippen molar-refractivity contribution in [1.29, 1.82) is 0 Å². The van der Waals surface area contributed by atoms with Crippen LogP contribution in [0.25, 0.3) is 16.5 Å². The van der Waals surface area contributed by atoms with E-state index in [0.29, 0.717) is 24.3 Å². The van der Waals surface area contributed by atoms with Gasteiger partial charge in [-0.25, -0.2) is 0 Å². The van der Waals surface area contributed by atoms with E-state index in [1.165, 1.54) is 0 Å². The van der Waals surface area contributed by atoms with Gasteiger partial charge in [0.15, 0.2) is 5.76 Å². The van der Waals surface area contributed by atoms with Crippen LogP contribution in [0.1, 0.15) is 62.6 Å². The summed E-state index contributed by atoms with van der Waals surface area (Å²) in [6.45, 7) is 4.34. The summed E-state index contributed by atoms with van der Waals surface area (Å²) in [6.07, 6.45) is 7.06. The lowest BCUT2D eigenvalue weighted by Crippen LogP contribution is -2.63. The molecular weight excluding hydrogens is 480 g/mol. The molecule has 2 amide bonds. The molecule has 2 aromatic carbocycles. The Morgan fingerprint density at radius 3 is 2.47 bits per heavy atom. The minimum Gasteiger partial charge on any atom is -0.496 e. The fourth-order valence-electron chi connectivity index (χ4n) is 5.26. The summed E-state index contributed by atoms with van der Waals surface area (Å²) in [5.74, 6) is 0.416. The molecule has 0 spiro atoms. The van der Waals surface area contributed by atoms with Crippen molar-refractivity contribution in [3.63, 3.8) is 0 Å². The first-order valence-electron chi connectivity index (χ1n) is 13.2. The number of furan rings is 1. The van der Waals surface area contributed by atoms with Gasteiger partial charge >= 0.3 is 0 Å². The van der Waals surface area contributed by atoms with Crippen molar-refractivity contribution >= 4 is 28.4 Å². The Morgan fingerprint density at radius 1 is 1.13 bits per heavy atom. The predicted molar refractivity (Wildman–Crippen MR) is 149 cm³/mol. The Kier molecular flexibility index (Phi) is 7.05. The van der Waals surface area contributed by atoms with E-state index in [0.717, 1.165) is 41.3 Å². The number of amides is 2. The molecule has 7 heteroatoms. The van der Waals surface area contributed by atoms with Gasteiger partial charge in [0.2, 0.25) is 5.91 Å². The second-order valence-corrected chi connectivity index (χ2v) is 10.3. The van der Waals surface area contributed by atoms with Crippen LogP contribution in [-0.4, -0.2) is 48.6 Å². The van der Waals surface area contributed by atoms with Gasteiger partial charge < -0.3 is 24.1 Å². The van der Waals surface area contributed by atoms with E-state index in [1.807, 2.05) is 74.9 Å². The number of hydrogen-bond donors (Lipinski definition) is 1. The maximum absolute atomic E-state index is 14.4. The highest BCUT2D eigenvalue weighted by Gasteiger charge is 2.49. The number of benzene rings is 2. The van der Waals surface area contributed by atoms with Gasteiger partial charge in [-0.15, -0.1) is 0 Å². The number of rotatable bonds is 11. The highest BCUT2D eigenvalue weighted by Crippen LogP contribution is 2.42. The molecule has 1 N–H and O–H groups in total. The summed E-state index contributed by atoms with van der Waals surface area (Å²) in [5, 5.41) is 3.95. The zero-order chi connectivity index (χ0) is 26.9. The van der Waals surface area contributed by atoms with Gasteiger partial charge in [0.1, 0.15) is 16.9 Å². The molecule has 3 aromatic rings. The Labute approximate surface area is 225 Å². The quantitative estimate of drug-likeness (QED) is 0.348. The van der Waals surface area contributed by atoms with Crippen molar-refractivity contribution in [3.8, 4) is 5.75 Å². The van der Waals surface area contributed by atoms with Crippen LogP contribution < -0.4 is 10.1 Å². The molecule has 1 saturated carbocycles. The molecule has 1 radical (unpaired) electrons. The van der Waals surface area contributed by atoms with Gasteiger partial charge in [-0.1, -0.05) is 49.4 Å². The molecule has 38 heavy (non-hydrogen) atoms. The zero-order valence-corrected chi connectivity index (χ0v) is 22.5. The number of nitrogens with one attached hydrogen (secondary N) is 1. The fourth-order valence-corrected chi connectivity index (χ4v) is 5.26. The standard InChI is InChI=1S/C31H35N2O5.H2/c1-5-30(2,29(35)32-19-22-11-6-8-13-24(22)36-3)33(20-31(37-4)17-10-18-31)28(34)27-26(21-15-16-21)23-12-7-9-14-25(23)38-27;/h6-9,11-16H,5,10,17-20H2,1-4H3,(H,32,35);1H. The number of fused-ring (bicyclic) bond motifs is 1. The summed E-state index contributed by atoms with van der Waals surface area (Å²) < 4.78 is 17.6. The van der Waals surface area contributed by atoms with Gasteiger partial charge in [-0.2, -0.15) is 0 Å². The molecule has 5 rings (SSSR count). The summed E-state index contributed by atoms with van der Waals surface area (Å²) in [6, 6.07) is 15.2. The minimum atomic E-state index is -1.14. The molecule has 0 saturated heterocycles. The normalized spacial score (nSPS) is 17.2. The van der Waals surface area contributed by atoms with Crippen LogP contribution in [0.4, 0.5) is 0 Å². The number of methoxy groups -OCH3 is 2. The molecule has 0 aliphatic heterocycles. The average molecular weight is 518 g/mol. The van der Waals surface area contributed by atoms with Crippen molar-refractivity contribution < 1.29 is 24.9 Å². The van der Waals surface area contributed by atoms with Crippen LogP contribution >= 0.6 is 0 Å². The first-order chi connectivity index (χ1) is 18.4.